The normalized spacial score (nSPS) is 16.0. The fourth-order valence-electron chi connectivity index (χ4n) is 3.77. The van der Waals surface area contributed by atoms with E-state index in [0.29, 0.717) is 11.6 Å². The van der Waals surface area contributed by atoms with E-state index in [2.05, 4.69) is 16.0 Å². The number of hydrogen-bond acceptors (Lipinski definition) is 5. The Balaban J connectivity index is 1.84. The fraction of sp³-hybridized carbons (Fsp3) is 0.579. The van der Waals surface area contributed by atoms with Gasteiger partial charge in [0.15, 0.2) is 0 Å². The van der Waals surface area contributed by atoms with E-state index < -0.39 is 31.5 Å². The zero-order valence-electron chi connectivity index (χ0n) is 14.8. The first-order chi connectivity index (χ1) is 12.5. The molecule has 0 aliphatic heterocycles. The number of nitrogens with zero attached hydrogens (tertiary/aromatic N) is 1. The van der Waals surface area contributed by atoms with Crippen LogP contribution in [0.15, 0.2) is 18.2 Å². The lowest BCUT2D eigenvalue weighted by Crippen LogP contribution is -2.56. The van der Waals surface area contributed by atoms with E-state index in [9.17, 15) is 20.4 Å². The van der Waals surface area contributed by atoms with Crippen molar-refractivity contribution in [3.05, 3.63) is 34.5 Å². The van der Waals surface area contributed by atoms with Crippen molar-refractivity contribution < 1.29 is 20.4 Å². The molecule has 0 bridgehead atoms. The molecule has 1 atom stereocenters. The molecule has 0 amide bonds. The number of aliphatic hydroxyl groups is 4. The fourth-order valence-corrected chi connectivity index (χ4v) is 4.05. The highest BCUT2D eigenvalue weighted by Crippen LogP contribution is 2.35. The summed E-state index contributed by atoms with van der Waals surface area (Å²) in [6, 6.07) is 5.91. The van der Waals surface area contributed by atoms with Crippen molar-refractivity contribution in [3.8, 4) is 0 Å². The minimum atomic E-state index is -1.20. The van der Waals surface area contributed by atoms with Gasteiger partial charge in [-0.15, -0.1) is 0 Å². The van der Waals surface area contributed by atoms with Crippen LogP contribution in [-0.2, 0) is 19.4 Å². The molecule has 0 saturated carbocycles. The molecule has 0 fully saturated rings. The monoisotopic (exact) mass is 382 g/mol. The summed E-state index contributed by atoms with van der Waals surface area (Å²) >= 11 is 6.47. The van der Waals surface area contributed by atoms with Gasteiger partial charge in [0.2, 0.25) is 0 Å². The number of nitrogens with one attached hydrogen (secondary N) is 1. The molecule has 1 aliphatic rings. The Hall–Kier alpha value is -1.15. The Morgan fingerprint density at radius 2 is 1.81 bits per heavy atom. The molecule has 0 spiro atoms. The Labute approximate surface area is 158 Å². The zero-order valence-corrected chi connectivity index (χ0v) is 15.5. The van der Waals surface area contributed by atoms with Crippen LogP contribution in [0.1, 0.15) is 24.1 Å². The van der Waals surface area contributed by atoms with Gasteiger partial charge in [-0.25, -0.2) is 0 Å². The summed E-state index contributed by atoms with van der Waals surface area (Å²) in [5.41, 5.74) is 2.31. The van der Waals surface area contributed by atoms with E-state index in [4.69, 9.17) is 11.6 Å². The largest absolute Gasteiger partial charge is 0.394 e. The predicted molar refractivity (Wildman–Crippen MR) is 102 cm³/mol. The van der Waals surface area contributed by atoms with Crippen molar-refractivity contribution >= 4 is 22.5 Å². The highest BCUT2D eigenvalue weighted by molar-refractivity contribution is 6.35. The summed E-state index contributed by atoms with van der Waals surface area (Å²) in [5.74, 6) is 0. The minimum Gasteiger partial charge on any atom is -0.394 e. The number of benzene rings is 1. The highest BCUT2D eigenvalue weighted by atomic mass is 35.5. The van der Waals surface area contributed by atoms with E-state index in [-0.39, 0.29) is 6.54 Å². The number of aromatic nitrogens is 1. The third-order valence-corrected chi connectivity index (χ3v) is 5.67. The summed E-state index contributed by atoms with van der Waals surface area (Å²) in [6.45, 7) is -0.747. The quantitative estimate of drug-likeness (QED) is 0.466. The maximum atomic E-state index is 10.6. The summed E-state index contributed by atoms with van der Waals surface area (Å²) < 4.78 is 2.11. The number of para-hydroxylation sites is 1. The molecule has 26 heavy (non-hydrogen) atoms. The molecule has 0 saturated heterocycles. The molecule has 1 aromatic heterocycles. The number of rotatable bonds is 8. The third-order valence-electron chi connectivity index (χ3n) is 5.36. The van der Waals surface area contributed by atoms with Gasteiger partial charge in [-0.2, -0.15) is 0 Å². The van der Waals surface area contributed by atoms with Crippen LogP contribution in [-0.4, -0.2) is 63.0 Å². The van der Waals surface area contributed by atoms with Crippen LogP contribution in [0.4, 0.5) is 0 Å². The van der Waals surface area contributed by atoms with Crippen LogP contribution in [0.2, 0.25) is 5.02 Å². The van der Waals surface area contributed by atoms with E-state index in [1.165, 1.54) is 11.3 Å². The number of aliphatic hydroxyl groups excluding tert-OH is 4. The maximum absolute atomic E-state index is 10.6. The third kappa shape index (κ3) is 3.63. The summed E-state index contributed by atoms with van der Waals surface area (Å²) in [4.78, 5) is 0. The minimum absolute atomic E-state index is 0.139. The number of hydrogen-bond donors (Lipinski definition) is 5. The van der Waals surface area contributed by atoms with Crippen LogP contribution in [0, 0.1) is 0 Å². The number of halogens is 1. The molecule has 0 radical (unpaired) electrons. The molecule has 6 nitrogen and oxygen atoms in total. The van der Waals surface area contributed by atoms with Crippen molar-refractivity contribution in [1.29, 1.82) is 0 Å². The lowest BCUT2D eigenvalue weighted by atomic mass is 9.95. The molecule has 1 heterocycles. The predicted octanol–water partition coefficient (Wildman–Crippen LogP) is 0.840. The molecule has 1 aromatic carbocycles. The van der Waals surface area contributed by atoms with Crippen LogP contribution in [0.3, 0.4) is 0 Å². The first kappa shape index (κ1) is 19.6. The molecule has 5 N–H and O–H groups in total. The lowest BCUT2D eigenvalue weighted by molar-refractivity contribution is 0.0306. The summed E-state index contributed by atoms with van der Waals surface area (Å²) in [5, 5.41) is 43.5. The van der Waals surface area contributed by atoms with Gasteiger partial charge in [0.1, 0.15) is 0 Å². The van der Waals surface area contributed by atoms with Gasteiger partial charge in [0, 0.05) is 17.6 Å². The molecule has 7 heteroatoms. The second-order valence-electron chi connectivity index (χ2n) is 7.17. The number of β-amino-alcohol motifs (C(OH)–C–C–N with tert-alkyl or cyclic N) is 1. The zero-order chi connectivity index (χ0) is 18.7. The van der Waals surface area contributed by atoms with Gasteiger partial charge in [0.25, 0.3) is 0 Å². The second-order valence-corrected chi connectivity index (χ2v) is 7.58. The van der Waals surface area contributed by atoms with Gasteiger partial charge < -0.3 is 30.3 Å². The Morgan fingerprint density at radius 1 is 1.12 bits per heavy atom. The first-order valence-electron chi connectivity index (χ1n) is 9.09. The summed E-state index contributed by atoms with van der Waals surface area (Å²) in [6.07, 6.45) is 3.52. The maximum Gasteiger partial charge on any atom is 0.0882 e. The Morgan fingerprint density at radius 3 is 2.50 bits per heavy atom. The molecule has 144 valence electrons. The van der Waals surface area contributed by atoms with Gasteiger partial charge in [0.05, 0.1) is 48.5 Å². The van der Waals surface area contributed by atoms with Gasteiger partial charge in [-0.05, 0) is 37.3 Å². The molecule has 1 aliphatic carbocycles. The standard InChI is InChI=1S/C19H27ClN2O4/c20-16-6-3-5-15-14-4-1-2-7-17(14)22(18(15)16)9-13(26)8-21-19(10-23,11-24)12-25/h3,5-6,13,21,23-26H,1-2,4,7-12H2/t13-/m1/s1. The molecular formula is C19H27ClN2O4. The number of aryl methyl sites for hydroxylation is 1. The van der Waals surface area contributed by atoms with Crippen molar-refractivity contribution in [3.63, 3.8) is 0 Å². The molecule has 2 aromatic rings. The lowest BCUT2D eigenvalue weighted by Gasteiger charge is -2.30. The average molecular weight is 383 g/mol. The van der Waals surface area contributed by atoms with Gasteiger partial charge in [-0.1, -0.05) is 23.7 Å². The number of fused-ring (bicyclic) bond motifs is 3. The van der Waals surface area contributed by atoms with Crippen LogP contribution in [0.5, 0.6) is 0 Å². The first-order valence-corrected chi connectivity index (χ1v) is 9.47. The highest BCUT2D eigenvalue weighted by Gasteiger charge is 2.29. The van der Waals surface area contributed by atoms with Crippen molar-refractivity contribution in [2.45, 2.75) is 43.9 Å². The van der Waals surface area contributed by atoms with Gasteiger partial charge >= 0.3 is 0 Å². The molecule has 3 rings (SSSR count). The second kappa shape index (κ2) is 8.25. The van der Waals surface area contributed by atoms with Gasteiger partial charge in [-0.3, -0.25) is 0 Å². The van der Waals surface area contributed by atoms with Crippen LogP contribution >= 0.6 is 11.6 Å². The average Bonchev–Trinajstić information content (AvgIpc) is 2.99. The molecular weight excluding hydrogens is 356 g/mol. The van der Waals surface area contributed by atoms with Crippen LogP contribution < -0.4 is 5.32 Å². The smallest absolute Gasteiger partial charge is 0.0882 e. The Bertz CT molecular complexity index is 749. The van der Waals surface area contributed by atoms with E-state index in [1.54, 1.807) is 0 Å². The van der Waals surface area contributed by atoms with E-state index in [1.807, 2.05) is 12.1 Å². The summed E-state index contributed by atoms with van der Waals surface area (Å²) in [7, 11) is 0. The Kier molecular flexibility index (Phi) is 6.22. The molecule has 0 unspecified atom stereocenters. The van der Waals surface area contributed by atoms with E-state index in [0.717, 1.165) is 36.6 Å². The van der Waals surface area contributed by atoms with Crippen molar-refractivity contribution in [1.82, 2.24) is 9.88 Å². The van der Waals surface area contributed by atoms with Crippen molar-refractivity contribution in [2.24, 2.45) is 0 Å². The SMILES string of the molecule is OCC(CO)(CO)NC[C@@H](O)Cn1c2c(c3cccc(Cl)c31)CCCC2. The van der Waals surface area contributed by atoms with Crippen LogP contribution in [0.25, 0.3) is 10.9 Å². The topological polar surface area (TPSA) is 97.9 Å². The van der Waals surface area contributed by atoms with Crippen molar-refractivity contribution in [2.75, 3.05) is 26.4 Å². The van der Waals surface area contributed by atoms with E-state index >= 15 is 0 Å².